The number of hydrogen-bond acceptors (Lipinski definition) is 4. The summed E-state index contributed by atoms with van der Waals surface area (Å²) in [5, 5.41) is 9.29. The van der Waals surface area contributed by atoms with Gasteiger partial charge in [0.1, 0.15) is 0 Å². The first-order valence-corrected chi connectivity index (χ1v) is 11.6. The molecule has 2 aliphatic rings. The number of hydrogen-bond donors (Lipinski definition) is 3. The highest BCUT2D eigenvalue weighted by Gasteiger charge is 2.41. The van der Waals surface area contributed by atoms with Crippen LogP contribution < -0.4 is 20.9 Å². The van der Waals surface area contributed by atoms with E-state index in [-0.39, 0.29) is 37.0 Å². The van der Waals surface area contributed by atoms with Crippen molar-refractivity contribution in [1.29, 1.82) is 0 Å². The smallest absolute Gasteiger partial charge is 0.370 e. The van der Waals surface area contributed by atoms with Gasteiger partial charge in [-0.3, -0.25) is 9.59 Å². The monoisotopic (exact) mass is 494 g/mol. The molecule has 10 heteroatoms. The number of carbonyl (C=O) groups is 2. The molecule has 0 radical (unpaired) electrons. The molecule has 1 atom stereocenters. The van der Waals surface area contributed by atoms with Crippen molar-refractivity contribution in [2.75, 3.05) is 29.9 Å². The molecule has 4 rings (SSSR count). The van der Waals surface area contributed by atoms with Crippen LogP contribution in [-0.2, 0) is 16.1 Å². The quantitative estimate of drug-likeness (QED) is 0.548. The molecule has 0 aromatic heterocycles. The van der Waals surface area contributed by atoms with Crippen LogP contribution in [0.1, 0.15) is 24.8 Å². The molecule has 2 heterocycles. The summed E-state index contributed by atoms with van der Waals surface area (Å²) >= 11 is 6.35. The van der Waals surface area contributed by atoms with E-state index in [1.54, 1.807) is 6.07 Å². The molecule has 2 aromatic rings. The van der Waals surface area contributed by atoms with E-state index in [2.05, 4.69) is 16.0 Å². The highest BCUT2D eigenvalue weighted by molar-refractivity contribution is 6.33. The zero-order valence-corrected chi connectivity index (χ0v) is 19.2. The Hall–Kier alpha value is -2.94. The standard InChI is InChI=1S/C24H26ClF3N4O2/c25-20-6-5-19(12-21(20)32-9-7-17(8-10-32)24(26,27)28)31-18-3-1-15(2-4-18)13-30-23(34)16-11-22(33)29-14-16/h1-6,12,16-17,31H,7-11,13-14H2,(H,29,33)(H,30,34). The summed E-state index contributed by atoms with van der Waals surface area (Å²) in [6.45, 7) is 1.34. The number of alkyl halides is 3. The minimum Gasteiger partial charge on any atom is -0.370 e. The molecule has 2 aromatic carbocycles. The molecule has 0 spiro atoms. The van der Waals surface area contributed by atoms with Crippen LogP contribution in [0, 0.1) is 11.8 Å². The number of carbonyl (C=O) groups excluding carboxylic acids is 2. The van der Waals surface area contributed by atoms with Crippen LogP contribution >= 0.6 is 11.6 Å². The van der Waals surface area contributed by atoms with E-state index in [9.17, 15) is 22.8 Å². The number of benzene rings is 2. The fraction of sp³-hybridized carbons (Fsp3) is 0.417. The number of rotatable bonds is 6. The predicted octanol–water partition coefficient (Wildman–Crippen LogP) is 4.61. The van der Waals surface area contributed by atoms with Gasteiger partial charge in [-0.1, -0.05) is 23.7 Å². The van der Waals surface area contributed by atoms with Gasteiger partial charge in [-0.15, -0.1) is 0 Å². The topological polar surface area (TPSA) is 73.5 Å². The molecule has 2 aliphatic heterocycles. The number of piperidine rings is 1. The Bertz CT molecular complexity index is 1040. The molecule has 182 valence electrons. The number of halogens is 4. The van der Waals surface area contributed by atoms with Crippen LogP contribution in [0.4, 0.5) is 30.2 Å². The zero-order valence-electron chi connectivity index (χ0n) is 18.4. The molecular weight excluding hydrogens is 469 g/mol. The average Bonchev–Trinajstić information content (AvgIpc) is 3.25. The first-order chi connectivity index (χ1) is 16.2. The van der Waals surface area contributed by atoms with Gasteiger partial charge in [0, 0.05) is 44.0 Å². The lowest BCUT2D eigenvalue weighted by molar-refractivity contribution is -0.179. The van der Waals surface area contributed by atoms with Crippen LogP contribution in [0.2, 0.25) is 5.02 Å². The largest absolute Gasteiger partial charge is 0.391 e. The molecule has 2 fully saturated rings. The molecule has 1 unspecified atom stereocenters. The lowest BCUT2D eigenvalue weighted by atomic mass is 9.96. The molecule has 6 nitrogen and oxygen atoms in total. The fourth-order valence-corrected chi connectivity index (χ4v) is 4.51. The van der Waals surface area contributed by atoms with E-state index >= 15 is 0 Å². The van der Waals surface area contributed by atoms with E-state index in [1.807, 2.05) is 41.3 Å². The molecule has 0 saturated carbocycles. The second-order valence-electron chi connectivity index (χ2n) is 8.71. The van der Waals surface area contributed by atoms with Gasteiger partial charge >= 0.3 is 6.18 Å². The van der Waals surface area contributed by atoms with Crippen LogP contribution in [0.5, 0.6) is 0 Å². The van der Waals surface area contributed by atoms with Gasteiger partial charge in [0.05, 0.1) is 22.5 Å². The number of nitrogens with one attached hydrogen (secondary N) is 3. The summed E-state index contributed by atoms with van der Waals surface area (Å²) in [5.74, 6) is -1.84. The van der Waals surface area contributed by atoms with Gasteiger partial charge in [-0.25, -0.2) is 0 Å². The highest BCUT2D eigenvalue weighted by Crippen LogP contribution is 2.38. The zero-order chi connectivity index (χ0) is 24.3. The summed E-state index contributed by atoms with van der Waals surface area (Å²) in [5.41, 5.74) is 3.23. The lowest BCUT2D eigenvalue weighted by Gasteiger charge is -2.35. The van der Waals surface area contributed by atoms with Crippen LogP contribution in [0.15, 0.2) is 42.5 Å². The normalized spacial score (nSPS) is 19.1. The van der Waals surface area contributed by atoms with Crippen molar-refractivity contribution in [2.45, 2.75) is 32.0 Å². The van der Waals surface area contributed by atoms with E-state index in [0.29, 0.717) is 36.9 Å². The summed E-state index contributed by atoms with van der Waals surface area (Å²) in [6, 6.07) is 12.9. The third-order valence-electron chi connectivity index (χ3n) is 6.30. The average molecular weight is 495 g/mol. The van der Waals surface area contributed by atoms with Crippen molar-refractivity contribution in [1.82, 2.24) is 10.6 Å². The maximum Gasteiger partial charge on any atom is 0.391 e. The van der Waals surface area contributed by atoms with Crippen molar-refractivity contribution >= 4 is 40.5 Å². The SMILES string of the molecule is O=C1CC(C(=O)NCc2ccc(Nc3ccc(Cl)c(N4CCC(C(F)(F)F)CC4)c3)cc2)CN1. The van der Waals surface area contributed by atoms with E-state index in [0.717, 1.165) is 16.9 Å². The lowest BCUT2D eigenvalue weighted by Crippen LogP contribution is -2.39. The Balaban J connectivity index is 1.33. The molecule has 3 N–H and O–H groups in total. The summed E-state index contributed by atoms with van der Waals surface area (Å²) in [6.07, 6.45) is -3.81. The van der Waals surface area contributed by atoms with Gasteiger partial charge in [-0.2, -0.15) is 13.2 Å². The second-order valence-corrected chi connectivity index (χ2v) is 9.12. The molecular formula is C24H26ClF3N4O2. The van der Waals surface area contributed by atoms with Crippen molar-refractivity contribution in [3.05, 3.63) is 53.1 Å². The van der Waals surface area contributed by atoms with E-state index < -0.39 is 12.1 Å². The molecule has 34 heavy (non-hydrogen) atoms. The number of nitrogens with zero attached hydrogens (tertiary/aromatic N) is 1. The molecule has 0 aliphatic carbocycles. The Morgan fingerprint density at radius 1 is 1.09 bits per heavy atom. The van der Waals surface area contributed by atoms with Crippen molar-refractivity contribution in [3.63, 3.8) is 0 Å². The van der Waals surface area contributed by atoms with E-state index in [1.165, 1.54) is 0 Å². The van der Waals surface area contributed by atoms with Gasteiger partial charge in [-0.05, 0) is 48.7 Å². The fourth-order valence-electron chi connectivity index (χ4n) is 4.28. The predicted molar refractivity (Wildman–Crippen MR) is 125 cm³/mol. The minimum atomic E-state index is -4.15. The number of anilines is 3. The minimum absolute atomic E-state index is 0.0586. The van der Waals surface area contributed by atoms with Crippen molar-refractivity contribution < 1.29 is 22.8 Å². The molecule has 2 saturated heterocycles. The van der Waals surface area contributed by atoms with E-state index in [4.69, 9.17) is 11.6 Å². The summed E-state index contributed by atoms with van der Waals surface area (Å²) in [4.78, 5) is 25.3. The van der Waals surface area contributed by atoms with Gasteiger partial charge in [0.25, 0.3) is 0 Å². The van der Waals surface area contributed by atoms with Crippen LogP contribution in [-0.4, -0.2) is 37.6 Å². The van der Waals surface area contributed by atoms with Crippen LogP contribution in [0.25, 0.3) is 0 Å². The molecule has 0 bridgehead atoms. The summed E-state index contributed by atoms with van der Waals surface area (Å²) < 4.78 is 38.9. The Kier molecular flexibility index (Phi) is 7.21. The Morgan fingerprint density at radius 2 is 1.76 bits per heavy atom. The van der Waals surface area contributed by atoms with Gasteiger partial charge in [0.2, 0.25) is 11.8 Å². The van der Waals surface area contributed by atoms with Crippen LogP contribution in [0.3, 0.4) is 0 Å². The maximum atomic E-state index is 13.0. The van der Waals surface area contributed by atoms with Crippen molar-refractivity contribution in [3.8, 4) is 0 Å². The summed E-state index contributed by atoms with van der Waals surface area (Å²) in [7, 11) is 0. The maximum absolute atomic E-state index is 13.0. The Morgan fingerprint density at radius 3 is 2.38 bits per heavy atom. The van der Waals surface area contributed by atoms with Gasteiger partial charge in [0.15, 0.2) is 0 Å². The first kappa shape index (κ1) is 24.2. The third-order valence-corrected chi connectivity index (χ3v) is 6.62. The van der Waals surface area contributed by atoms with Gasteiger partial charge < -0.3 is 20.9 Å². The highest BCUT2D eigenvalue weighted by atomic mass is 35.5. The third kappa shape index (κ3) is 5.94. The first-order valence-electron chi connectivity index (χ1n) is 11.2. The molecule has 2 amide bonds. The van der Waals surface area contributed by atoms with Crippen molar-refractivity contribution in [2.24, 2.45) is 11.8 Å². The Labute approximate surface area is 200 Å². The number of amides is 2. The second kappa shape index (κ2) is 10.1.